The van der Waals surface area contributed by atoms with Crippen molar-refractivity contribution >= 4 is 24.1 Å². The van der Waals surface area contributed by atoms with Gasteiger partial charge in [-0.2, -0.15) is 33.2 Å². The molecule has 2 aliphatic heterocycles. The number of anilines is 3. The summed E-state index contributed by atoms with van der Waals surface area (Å²) in [6, 6.07) is 4.91. The highest BCUT2D eigenvalue weighted by Gasteiger charge is 2.30. The smallest absolute Gasteiger partial charge is 0.378 e. The van der Waals surface area contributed by atoms with Crippen LogP contribution in [0, 0.1) is 0 Å². The van der Waals surface area contributed by atoms with Crippen LogP contribution in [0.1, 0.15) is 11.1 Å². The minimum atomic E-state index is -4.41. The van der Waals surface area contributed by atoms with Crippen LogP contribution >= 0.6 is 0 Å². The molecule has 12 heteroatoms. The van der Waals surface area contributed by atoms with E-state index in [2.05, 4.69) is 25.5 Å². The maximum atomic E-state index is 12.9. The van der Waals surface area contributed by atoms with Crippen molar-refractivity contribution in [2.24, 2.45) is 5.10 Å². The second kappa shape index (κ2) is 9.43. The lowest BCUT2D eigenvalue weighted by Crippen LogP contribution is -2.40. The number of aromatic nitrogens is 3. The van der Waals surface area contributed by atoms with Crippen LogP contribution in [0.25, 0.3) is 0 Å². The predicted molar refractivity (Wildman–Crippen MR) is 109 cm³/mol. The average Bonchev–Trinajstić information content (AvgIpc) is 2.80. The van der Waals surface area contributed by atoms with Crippen LogP contribution in [-0.4, -0.2) is 73.8 Å². The van der Waals surface area contributed by atoms with Gasteiger partial charge in [-0.25, -0.2) is 5.43 Å². The van der Waals surface area contributed by atoms with Crippen molar-refractivity contribution in [2.75, 3.05) is 67.8 Å². The van der Waals surface area contributed by atoms with Gasteiger partial charge >= 0.3 is 6.18 Å². The number of hydrogen-bond acceptors (Lipinski definition) is 9. The Kier molecular flexibility index (Phi) is 6.47. The van der Waals surface area contributed by atoms with Gasteiger partial charge in [0.2, 0.25) is 17.8 Å². The van der Waals surface area contributed by atoms with Gasteiger partial charge in [-0.05, 0) is 17.7 Å². The molecule has 3 heterocycles. The molecule has 0 amide bonds. The highest BCUT2D eigenvalue weighted by molar-refractivity contribution is 5.80. The Bertz CT molecular complexity index is 877. The van der Waals surface area contributed by atoms with E-state index >= 15 is 0 Å². The zero-order valence-electron chi connectivity index (χ0n) is 16.7. The van der Waals surface area contributed by atoms with Gasteiger partial charge in [0.1, 0.15) is 0 Å². The summed E-state index contributed by atoms with van der Waals surface area (Å²) in [7, 11) is 0. The molecule has 2 aliphatic rings. The number of hydrazone groups is 1. The molecular weight excluding hydrogens is 415 g/mol. The summed E-state index contributed by atoms with van der Waals surface area (Å²) in [5, 5.41) is 4.03. The van der Waals surface area contributed by atoms with Crippen LogP contribution in [0.5, 0.6) is 0 Å². The topological polar surface area (TPSA) is 88.0 Å². The molecule has 1 aromatic carbocycles. The Morgan fingerprint density at radius 1 is 0.903 bits per heavy atom. The molecule has 0 atom stereocenters. The van der Waals surface area contributed by atoms with E-state index in [4.69, 9.17) is 9.47 Å². The molecule has 0 spiro atoms. The van der Waals surface area contributed by atoms with E-state index in [0.29, 0.717) is 70.1 Å². The molecule has 166 valence electrons. The highest BCUT2D eigenvalue weighted by Crippen LogP contribution is 2.29. The van der Waals surface area contributed by atoms with Crippen LogP contribution in [0.3, 0.4) is 0 Å². The first-order valence-corrected chi connectivity index (χ1v) is 9.87. The first-order valence-electron chi connectivity index (χ1n) is 9.87. The number of halogens is 3. The van der Waals surface area contributed by atoms with E-state index in [0.717, 1.165) is 12.1 Å². The monoisotopic (exact) mass is 437 g/mol. The number of ether oxygens (including phenoxy) is 2. The lowest BCUT2D eigenvalue weighted by atomic mass is 10.1. The summed E-state index contributed by atoms with van der Waals surface area (Å²) in [6.45, 7) is 4.92. The molecule has 0 radical (unpaired) electrons. The molecule has 0 bridgehead atoms. The lowest BCUT2D eigenvalue weighted by molar-refractivity contribution is -0.137. The number of nitrogens with zero attached hydrogens (tertiary/aromatic N) is 6. The third-order valence-corrected chi connectivity index (χ3v) is 4.79. The second-order valence-corrected chi connectivity index (χ2v) is 6.95. The van der Waals surface area contributed by atoms with Gasteiger partial charge in [-0.3, -0.25) is 0 Å². The minimum Gasteiger partial charge on any atom is -0.378 e. The Morgan fingerprint density at radius 3 is 2.03 bits per heavy atom. The van der Waals surface area contributed by atoms with E-state index in [1.165, 1.54) is 18.3 Å². The average molecular weight is 437 g/mol. The lowest BCUT2D eigenvalue weighted by Gasteiger charge is -2.30. The van der Waals surface area contributed by atoms with Crippen LogP contribution in [-0.2, 0) is 15.7 Å². The van der Waals surface area contributed by atoms with Crippen LogP contribution in [0.2, 0.25) is 0 Å². The van der Waals surface area contributed by atoms with E-state index in [-0.39, 0.29) is 5.95 Å². The number of benzene rings is 1. The van der Waals surface area contributed by atoms with Crippen molar-refractivity contribution in [3.8, 4) is 0 Å². The van der Waals surface area contributed by atoms with Gasteiger partial charge in [0.15, 0.2) is 0 Å². The molecule has 0 aliphatic carbocycles. The summed E-state index contributed by atoms with van der Waals surface area (Å²) in [5.41, 5.74) is 2.29. The number of rotatable bonds is 5. The number of morpholine rings is 2. The van der Waals surface area contributed by atoms with E-state index < -0.39 is 11.7 Å². The third kappa shape index (κ3) is 5.58. The molecule has 2 aromatic rings. The molecule has 1 aromatic heterocycles. The number of alkyl halides is 3. The normalized spacial score (nSPS) is 17.9. The van der Waals surface area contributed by atoms with Crippen molar-refractivity contribution in [1.82, 2.24) is 15.0 Å². The fraction of sp³-hybridized carbons (Fsp3) is 0.474. The zero-order valence-corrected chi connectivity index (χ0v) is 16.7. The summed E-state index contributed by atoms with van der Waals surface area (Å²) >= 11 is 0. The molecule has 2 fully saturated rings. The summed E-state index contributed by atoms with van der Waals surface area (Å²) < 4.78 is 49.4. The molecule has 1 N–H and O–H groups in total. The van der Waals surface area contributed by atoms with Gasteiger partial charge in [-0.1, -0.05) is 12.1 Å². The molecule has 0 saturated carbocycles. The van der Waals surface area contributed by atoms with Crippen molar-refractivity contribution in [2.45, 2.75) is 6.18 Å². The maximum absolute atomic E-state index is 12.9. The predicted octanol–water partition coefficient (Wildman–Crippen LogP) is 2.01. The van der Waals surface area contributed by atoms with Gasteiger partial charge in [0, 0.05) is 26.2 Å². The van der Waals surface area contributed by atoms with Crippen molar-refractivity contribution in [3.63, 3.8) is 0 Å². The number of hydrogen-bond donors (Lipinski definition) is 1. The summed E-state index contributed by atoms with van der Waals surface area (Å²) in [6.07, 6.45) is -3.12. The minimum absolute atomic E-state index is 0.209. The summed E-state index contributed by atoms with van der Waals surface area (Å²) in [5.74, 6) is 1.20. The van der Waals surface area contributed by atoms with Crippen molar-refractivity contribution in [3.05, 3.63) is 35.4 Å². The Hall–Kier alpha value is -2.99. The third-order valence-electron chi connectivity index (χ3n) is 4.79. The molecule has 31 heavy (non-hydrogen) atoms. The van der Waals surface area contributed by atoms with E-state index in [1.807, 2.05) is 9.80 Å². The number of nitrogens with one attached hydrogen (secondary N) is 1. The van der Waals surface area contributed by atoms with Gasteiger partial charge in [-0.15, -0.1) is 0 Å². The first kappa shape index (κ1) is 21.2. The quantitative estimate of drug-likeness (QED) is 0.562. The molecule has 2 saturated heterocycles. The molecule has 4 rings (SSSR count). The molecule has 9 nitrogen and oxygen atoms in total. The van der Waals surface area contributed by atoms with Crippen molar-refractivity contribution in [1.29, 1.82) is 0 Å². The largest absolute Gasteiger partial charge is 0.416 e. The van der Waals surface area contributed by atoms with Crippen LogP contribution in [0.4, 0.5) is 31.0 Å². The Balaban J connectivity index is 1.54. The Labute approximate surface area is 176 Å². The van der Waals surface area contributed by atoms with E-state index in [9.17, 15) is 13.2 Å². The van der Waals surface area contributed by atoms with Crippen molar-refractivity contribution < 1.29 is 22.6 Å². The van der Waals surface area contributed by atoms with Crippen LogP contribution < -0.4 is 15.2 Å². The second-order valence-electron chi connectivity index (χ2n) is 6.95. The summed E-state index contributed by atoms with van der Waals surface area (Å²) in [4.78, 5) is 17.4. The maximum Gasteiger partial charge on any atom is 0.416 e. The van der Waals surface area contributed by atoms with Gasteiger partial charge in [0.05, 0.1) is 38.2 Å². The highest BCUT2D eigenvalue weighted by atomic mass is 19.4. The van der Waals surface area contributed by atoms with E-state index in [1.54, 1.807) is 0 Å². The fourth-order valence-electron chi connectivity index (χ4n) is 3.17. The fourth-order valence-corrected chi connectivity index (χ4v) is 3.17. The zero-order chi connectivity index (χ0) is 21.7. The first-order chi connectivity index (χ1) is 15.0. The molecule has 0 unspecified atom stereocenters. The van der Waals surface area contributed by atoms with Gasteiger partial charge in [0.25, 0.3) is 0 Å². The standard InChI is InChI=1S/C19H22F3N7O2/c20-19(21,22)15-3-1-2-14(12-15)13-23-27-16-24-17(28-4-8-30-9-5-28)26-18(25-16)29-6-10-31-11-7-29/h1-3,12-13H,4-11H2,(H,24,25,26,27). The Morgan fingerprint density at radius 2 is 1.48 bits per heavy atom. The SMILES string of the molecule is FC(F)(F)c1cccc(C=NNc2nc(N3CCOCC3)nc(N3CCOCC3)n2)c1. The van der Waals surface area contributed by atoms with Gasteiger partial charge < -0.3 is 19.3 Å². The molecular formula is C19H22F3N7O2. The van der Waals surface area contributed by atoms with Crippen LogP contribution in [0.15, 0.2) is 29.4 Å².